The summed E-state index contributed by atoms with van der Waals surface area (Å²) in [5.74, 6) is 16.7. The largest absolute Gasteiger partial charge is 0.378 e. The summed E-state index contributed by atoms with van der Waals surface area (Å²) in [7, 11) is 0. The Morgan fingerprint density at radius 2 is 0.481 bits per heavy atom. The van der Waals surface area contributed by atoms with Crippen molar-refractivity contribution in [1.29, 1.82) is 0 Å². The van der Waals surface area contributed by atoms with Gasteiger partial charge in [-0.05, 0) is 225 Å². The molecule has 0 aromatic rings. The first-order valence-corrected chi connectivity index (χ1v) is 24.1. The number of rotatable bonds is 8. The zero-order valence-electron chi connectivity index (χ0n) is 34.2. The maximum absolute atomic E-state index is 5.84. The van der Waals surface area contributed by atoms with Crippen LogP contribution in [0.15, 0.2) is 0 Å². The van der Waals surface area contributed by atoms with Crippen LogP contribution in [0.2, 0.25) is 0 Å². The molecule has 0 spiro atoms. The van der Waals surface area contributed by atoms with Crippen LogP contribution in [0.25, 0.3) is 0 Å². The molecule has 12 aliphatic rings. The fraction of sp³-hybridized carbons (Fsp3) is 1.00. The highest BCUT2D eigenvalue weighted by Crippen LogP contribution is 2.62. The average Bonchev–Trinajstić information content (AvgIpc) is 3.99. The van der Waals surface area contributed by atoms with Crippen molar-refractivity contribution < 1.29 is 18.9 Å². The molecule has 0 unspecified atom stereocenters. The maximum Gasteiger partial charge on any atom is 0.0608 e. The predicted octanol–water partition coefficient (Wildman–Crippen LogP) is 11.4. The van der Waals surface area contributed by atoms with Gasteiger partial charge in [0.15, 0.2) is 0 Å². The van der Waals surface area contributed by atoms with E-state index < -0.39 is 0 Å². The van der Waals surface area contributed by atoms with E-state index in [2.05, 4.69) is 27.7 Å². The monoisotopic (exact) mass is 721 g/mol. The molecule has 12 rings (SSSR count). The van der Waals surface area contributed by atoms with Gasteiger partial charge in [0.25, 0.3) is 0 Å². The van der Waals surface area contributed by atoms with Crippen molar-refractivity contribution >= 4 is 0 Å². The molecule has 296 valence electrons. The Kier molecular flexibility index (Phi) is 11.8. The molecule has 52 heavy (non-hydrogen) atoms. The minimum atomic E-state index is 0.648. The van der Waals surface area contributed by atoms with Crippen LogP contribution in [0.4, 0.5) is 0 Å². The van der Waals surface area contributed by atoms with E-state index in [0.29, 0.717) is 24.4 Å². The molecule has 8 bridgehead atoms. The molecule has 0 radical (unpaired) electrons. The van der Waals surface area contributed by atoms with Gasteiger partial charge in [-0.25, -0.2) is 0 Å². The molecule has 12 saturated carbocycles. The van der Waals surface area contributed by atoms with E-state index in [1.54, 1.807) is 0 Å². The van der Waals surface area contributed by atoms with E-state index in [1.165, 1.54) is 128 Å². The van der Waals surface area contributed by atoms with Gasteiger partial charge in [-0.15, -0.1) is 0 Å². The van der Waals surface area contributed by atoms with Crippen LogP contribution in [0, 0.1) is 94.7 Å². The average molecular weight is 721 g/mol. The Morgan fingerprint density at radius 3 is 0.692 bits per heavy atom. The Balaban J connectivity index is 0.0000000923. The van der Waals surface area contributed by atoms with Crippen molar-refractivity contribution in [2.75, 3.05) is 26.4 Å². The highest BCUT2D eigenvalue weighted by Gasteiger charge is 2.57. The van der Waals surface area contributed by atoms with E-state index in [0.717, 1.165) is 121 Å². The summed E-state index contributed by atoms with van der Waals surface area (Å²) in [4.78, 5) is 0. The van der Waals surface area contributed by atoms with Gasteiger partial charge in [0.2, 0.25) is 0 Å². The molecule has 12 aliphatic carbocycles. The molecular weight excluding hydrogens is 641 g/mol. The second-order valence-corrected chi connectivity index (χ2v) is 20.6. The lowest BCUT2D eigenvalue weighted by Gasteiger charge is -2.31. The summed E-state index contributed by atoms with van der Waals surface area (Å²) in [5, 5.41) is 0. The first kappa shape index (κ1) is 37.4. The molecule has 12 fully saturated rings. The first-order chi connectivity index (χ1) is 25.6. The van der Waals surface area contributed by atoms with E-state index >= 15 is 0 Å². The second kappa shape index (κ2) is 16.4. The van der Waals surface area contributed by atoms with Crippen molar-refractivity contribution in [2.24, 2.45) is 94.7 Å². The van der Waals surface area contributed by atoms with Gasteiger partial charge in [0.05, 0.1) is 24.4 Å². The molecule has 0 aromatic heterocycles. The summed E-state index contributed by atoms with van der Waals surface area (Å²) >= 11 is 0. The topological polar surface area (TPSA) is 36.9 Å². The minimum absolute atomic E-state index is 0.648. The summed E-state index contributed by atoms with van der Waals surface area (Å²) < 4.78 is 23.4. The zero-order chi connectivity index (χ0) is 35.3. The van der Waals surface area contributed by atoms with Crippen molar-refractivity contribution in [1.82, 2.24) is 0 Å². The van der Waals surface area contributed by atoms with Crippen molar-refractivity contribution in [3.8, 4) is 0 Å². The molecular formula is C48H80O4. The highest BCUT2D eigenvalue weighted by atomic mass is 16.5. The van der Waals surface area contributed by atoms with Gasteiger partial charge in [0, 0.05) is 26.4 Å². The standard InChI is InChI=1S/4C12H20O/c4*1-2-13-12-7-8-6-11(12)10-5-3-4-9(8)10/h4*8-12H,2-7H2,1H3/t8-,9+,10+,11-,12+;8-,9+,10+,11-,12-;8-,9-,10-,11-,12+;8-,9-,10-,11-,12-/m1111/s1. The Labute approximate surface area is 319 Å². The van der Waals surface area contributed by atoms with Crippen molar-refractivity contribution in [3.63, 3.8) is 0 Å². The summed E-state index contributed by atoms with van der Waals surface area (Å²) in [6.07, 6.45) is 32.3. The highest BCUT2D eigenvalue weighted by molar-refractivity contribution is 5.06. The van der Waals surface area contributed by atoms with E-state index in [4.69, 9.17) is 18.9 Å². The molecule has 0 N–H and O–H groups in total. The smallest absolute Gasteiger partial charge is 0.0608 e. The SMILES string of the molecule is CCO[C@@H]1C[C@H]2C[C@@H]1[C@@H]1CCC[C@H]21.CCO[C@@H]1C[C@H]2C[C@@H]1[C@H]1CCC[C@@H]21.CCO[C@H]1C[C@H]2C[C@@H]1[C@@H]1CCC[C@H]21.CCO[C@H]1C[C@H]2C[C@@H]1[C@H]1CCC[C@@H]21. The predicted molar refractivity (Wildman–Crippen MR) is 210 cm³/mol. The zero-order valence-corrected chi connectivity index (χ0v) is 34.2. The summed E-state index contributed by atoms with van der Waals surface area (Å²) in [6, 6.07) is 0. The van der Waals surface area contributed by atoms with Gasteiger partial charge < -0.3 is 18.9 Å². The van der Waals surface area contributed by atoms with Crippen molar-refractivity contribution in [3.05, 3.63) is 0 Å². The van der Waals surface area contributed by atoms with Crippen LogP contribution >= 0.6 is 0 Å². The summed E-state index contributed by atoms with van der Waals surface area (Å²) in [5.41, 5.74) is 0. The third-order valence-corrected chi connectivity index (χ3v) is 19.0. The van der Waals surface area contributed by atoms with Gasteiger partial charge in [-0.3, -0.25) is 0 Å². The fourth-order valence-electron chi connectivity index (χ4n) is 17.6. The third kappa shape index (κ3) is 6.84. The van der Waals surface area contributed by atoms with Gasteiger partial charge in [0.1, 0.15) is 0 Å². The van der Waals surface area contributed by atoms with E-state index in [-0.39, 0.29) is 0 Å². The molecule has 0 aromatic carbocycles. The number of hydrogen-bond acceptors (Lipinski definition) is 4. The Bertz CT molecular complexity index is 981. The quantitative estimate of drug-likeness (QED) is 0.250. The molecule has 20 atom stereocenters. The van der Waals surface area contributed by atoms with E-state index in [1.807, 2.05) is 0 Å². The molecule has 4 heteroatoms. The van der Waals surface area contributed by atoms with Crippen LogP contribution in [-0.2, 0) is 18.9 Å². The second-order valence-electron chi connectivity index (χ2n) is 20.6. The maximum atomic E-state index is 5.84. The van der Waals surface area contributed by atoms with Crippen LogP contribution in [-0.4, -0.2) is 50.8 Å². The Morgan fingerprint density at radius 1 is 0.269 bits per heavy atom. The lowest BCUT2D eigenvalue weighted by molar-refractivity contribution is -0.00395. The van der Waals surface area contributed by atoms with Gasteiger partial charge in [-0.2, -0.15) is 0 Å². The number of fused-ring (bicyclic) bond motifs is 20. The molecule has 0 heterocycles. The van der Waals surface area contributed by atoms with Crippen LogP contribution < -0.4 is 0 Å². The first-order valence-electron chi connectivity index (χ1n) is 24.1. The fourth-order valence-corrected chi connectivity index (χ4v) is 17.6. The lowest BCUT2D eigenvalue weighted by atomic mass is 9.80. The van der Waals surface area contributed by atoms with Crippen LogP contribution in [0.5, 0.6) is 0 Å². The normalized spacial score (nSPS) is 52.8. The molecule has 0 amide bonds. The Hall–Kier alpha value is -0.160. The van der Waals surface area contributed by atoms with Crippen LogP contribution in [0.1, 0.15) is 156 Å². The summed E-state index contributed by atoms with van der Waals surface area (Å²) in [6.45, 7) is 12.2. The van der Waals surface area contributed by atoms with Gasteiger partial charge in [-0.1, -0.05) is 25.7 Å². The van der Waals surface area contributed by atoms with E-state index in [9.17, 15) is 0 Å². The van der Waals surface area contributed by atoms with Gasteiger partial charge >= 0.3 is 0 Å². The van der Waals surface area contributed by atoms with Crippen molar-refractivity contribution in [2.45, 2.75) is 181 Å². The number of hydrogen-bond donors (Lipinski definition) is 0. The number of ether oxygens (including phenoxy) is 4. The molecule has 4 nitrogen and oxygen atoms in total. The molecule has 0 aliphatic heterocycles. The lowest BCUT2D eigenvalue weighted by Crippen LogP contribution is -2.30. The molecule has 0 saturated heterocycles. The third-order valence-electron chi connectivity index (χ3n) is 19.0. The minimum Gasteiger partial charge on any atom is -0.378 e. The van der Waals surface area contributed by atoms with Crippen LogP contribution in [0.3, 0.4) is 0 Å².